The Balaban J connectivity index is 1.55. The van der Waals surface area contributed by atoms with Crippen molar-refractivity contribution in [3.8, 4) is 0 Å². The van der Waals surface area contributed by atoms with Gasteiger partial charge in [-0.2, -0.15) is 0 Å². The van der Waals surface area contributed by atoms with E-state index in [0.29, 0.717) is 18.8 Å². The second-order valence-corrected chi connectivity index (χ2v) is 6.82. The van der Waals surface area contributed by atoms with Crippen molar-refractivity contribution >= 4 is 17.3 Å². The second-order valence-electron chi connectivity index (χ2n) is 6.82. The van der Waals surface area contributed by atoms with Gasteiger partial charge in [-0.05, 0) is 42.8 Å². The Morgan fingerprint density at radius 3 is 2.56 bits per heavy atom. The topological polar surface area (TPSA) is 48.5 Å². The lowest BCUT2D eigenvalue weighted by Crippen LogP contribution is -2.49. The lowest BCUT2D eigenvalue weighted by atomic mass is 10.2. The number of nitrogens with zero attached hydrogens (tertiary/aromatic N) is 3. The van der Waals surface area contributed by atoms with Crippen molar-refractivity contribution in [1.29, 1.82) is 0 Å². The van der Waals surface area contributed by atoms with E-state index in [9.17, 15) is 9.18 Å². The van der Waals surface area contributed by atoms with Crippen LogP contribution >= 0.6 is 0 Å². The standard InChI is InChI=1S/C21H27FN4O/c1-2-3-4-10-23-18-9-11-24-20(16-18)21(27)26-14-12-25(13-15-26)19-7-5-17(22)6-8-19/h5-9,11,16H,2-4,10,12-15H2,1H3,(H,23,24). The number of carbonyl (C=O) groups excluding carboxylic acids is 1. The van der Waals surface area contributed by atoms with Gasteiger partial charge in [0.15, 0.2) is 0 Å². The molecule has 0 aliphatic carbocycles. The molecule has 0 radical (unpaired) electrons. The van der Waals surface area contributed by atoms with Crippen molar-refractivity contribution in [2.45, 2.75) is 26.2 Å². The van der Waals surface area contributed by atoms with E-state index in [0.717, 1.165) is 37.4 Å². The van der Waals surface area contributed by atoms with Gasteiger partial charge in [0.2, 0.25) is 0 Å². The maximum absolute atomic E-state index is 13.1. The Bertz CT molecular complexity index is 742. The van der Waals surface area contributed by atoms with Gasteiger partial charge in [0, 0.05) is 50.3 Å². The molecule has 1 aliphatic rings. The fraction of sp³-hybridized carbons (Fsp3) is 0.429. The zero-order valence-electron chi connectivity index (χ0n) is 15.8. The minimum absolute atomic E-state index is 0.0361. The van der Waals surface area contributed by atoms with Gasteiger partial charge >= 0.3 is 0 Å². The number of carbonyl (C=O) groups is 1. The number of nitrogens with one attached hydrogen (secondary N) is 1. The molecule has 1 aliphatic heterocycles. The summed E-state index contributed by atoms with van der Waals surface area (Å²) in [6.45, 7) is 5.80. The maximum atomic E-state index is 13.1. The summed E-state index contributed by atoms with van der Waals surface area (Å²) < 4.78 is 13.1. The molecule has 1 saturated heterocycles. The molecule has 6 heteroatoms. The van der Waals surface area contributed by atoms with Crippen molar-refractivity contribution in [1.82, 2.24) is 9.88 Å². The van der Waals surface area contributed by atoms with E-state index in [-0.39, 0.29) is 11.7 Å². The molecule has 1 aromatic heterocycles. The molecular formula is C21H27FN4O. The fourth-order valence-corrected chi connectivity index (χ4v) is 3.25. The average Bonchev–Trinajstić information content (AvgIpc) is 2.72. The van der Waals surface area contributed by atoms with Crippen molar-refractivity contribution in [3.05, 3.63) is 54.1 Å². The highest BCUT2D eigenvalue weighted by atomic mass is 19.1. The number of amides is 1. The average molecular weight is 370 g/mol. The molecule has 1 amide bonds. The Morgan fingerprint density at radius 1 is 1.11 bits per heavy atom. The Morgan fingerprint density at radius 2 is 1.85 bits per heavy atom. The Kier molecular flexibility index (Phi) is 6.63. The molecule has 144 valence electrons. The molecular weight excluding hydrogens is 343 g/mol. The highest BCUT2D eigenvalue weighted by Gasteiger charge is 2.23. The van der Waals surface area contributed by atoms with Gasteiger partial charge in [0.05, 0.1) is 0 Å². The number of hydrogen-bond donors (Lipinski definition) is 1. The largest absolute Gasteiger partial charge is 0.385 e. The fourth-order valence-electron chi connectivity index (χ4n) is 3.25. The first-order valence-electron chi connectivity index (χ1n) is 9.67. The van der Waals surface area contributed by atoms with E-state index in [1.54, 1.807) is 18.3 Å². The van der Waals surface area contributed by atoms with Crippen LogP contribution in [0, 0.1) is 5.82 Å². The van der Waals surface area contributed by atoms with Gasteiger partial charge in [-0.25, -0.2) is 4.39 Å². The predicted octanol–water partition coefficient (Wildman–Crippen LogP) is 3.79. The van der Waals surface area contributed by atoms with Crippen LogP contribution in [0.3, 0.4) is 0 Å². The Hall–Kier alpha value is -2.63. The number of anilines is 2. The summed E-state index contributed by atoms with van der Waals surface area (Å²) in [7, 11) is 0. The van der Waals surface area contributed by atoms with Crippen molar-refractivity contribution in [3.63, 3.8) is 0 Å². The number of unbranched alkanes of at least 4 members (excludes halogenated alkanes) is 2. The number of halogens is 1. The third kappa shape index (κ3) is 5.18. The molecule has 2 aromatic rings. The molecule has 1 aromatic carbocycles. The van der Waals surface area contributed by atoms with Crippen LogP contribution in [0.15, 0.2) is 42.6 Å². The molecule has 5 nitrogen and oxygen atoms in total. The van der Waals surface area contributed by atoms with Crippen LogP contribution < -0.4 is 10.2 Å². The first-order valence-corrected chi connectivity index (χ1v) is 9.67. The van der Waals surface area contributed by atoms with Crippen LogP contribution in [0.1, 0.15) is 36.7 Å². The highest BCUT2D eigenvalue weighted by molar-refractivity contribution is 5.93. The second kappa shape index (κ2) is 9.35. The van der Waals surface area contributed by atoms with Crippen LogP contribution in [0.25, 0.3) is 0 Å². The quantitative estimate of drug-likeness (QED) is 0.754. The third-order valence-electron chi connectivity index (χ3n) is 4.85. The molecule has 0 atom stereocenters. The van der Waals surface area contributed by atoms with Gasteiger partial charge in [-0.15, -0.1) is 0 Å². The van der Waals surface area contributed by atoms with Crippen molar-refractivity contribution < 1.29 is 9.18 Å². The summed E-state index contributed by atoms with van der Waals surface area (Å²) >= 11 is 0. The number of hydrogen-bond acceptors (Lipinski definition) is 4. The number of rotatable bonds is 7. The van der Waals surface area contributed by atoms with Gasteiger partial charge in [-0.3, -0.25) is 9.78 Å². The summed E-state index contributed by atoms with van der Waals surface area (Å²) in [6, 6.07) is 10.2. The highest BCUT2D eigenvalue weighted by Crippen LogP contribution is 2.18. The first-order chi connectivity index (χ1) is 13.2. The molecule has 1 N–H and O–H groups in total. The van der Waals surface area contributed by atoms with Gasteiger partial charge in [0.25, 0.3) is 5.91 Å². The van der Waals surface area contributed by atoms with Crippen molar-refractivity contribution in [2.75, 3.05) is 42.9 Å². The predicted molar refractivity (Wildman–Crippen MR) is 107 cm³/mol. The number of pyridine rings is 1. The zero-order valence-corrected chi connectivity index (χ0v) is 15.8. The molecule has 0 spiro atoms. The summed E-state index contributed by atoms with van der Waals surface area (Å²) in [4.78, 5) is 21.0. The summed E-state index contributed by atoms with van der Waals surface area (Å²) in [5.41, 5.74) is 2.40. The maximum Gasteiger partial charge on any atom is 0.272 e. The molecule has 27 heavy (non-hydrogen) atoms. The van der Waals surface area contributed by atoms with Gasteiger partial charge < -0.3 is 15.1 Å². The number of aromatic nitrogens is 1. The summed E-state index contributed by atoms with van der Waals surface area (Å²) in [5.74, 6) is -0.271. The Labute approximate surface area is 160 Å². The van der Waals surface area contributed by atoms with E-state index >= 15 is 0 Å². The molecule has 3 rings (SSSR count). The van der Waals surface area contributed by atoms with Crippen molar-refractivity contribution in [2.24, 2.45) is 0 Å². The van der Waals surface area contributed by atoms with Crippen LogP contribution in [0.5, 0.6) is 0 Å². The first kappa shape index (κ1) is 19.1. The van der Waals surface area contributed by atoms with E-state index < -0.39 is 0 Å². The monoisotopic (exact) mass is 370 g/mol. The number of benzene rings is 1. The third-order valence-corrected chi connectivity index (χ3v) is 4.85. The SMILES string of the molecule is CCCCCNc1ccnc(C(=O)N2CCN(c3ccc(F)cc3)CC2)c1. The van der Waals surface area contributed by atoms with Gasteiger partial charge in [0.1, 0.15) is 11.5 Å². The molecule has 1 fully saturated rings. The minimum atomic E-state index is -0.234. The van der Waals surface area contributed by atoms with Gasteiger partial charge in [-0.1, -0.05) is 19.8 Å². The lowest BCUT2D eigenvalue weighted by Gasteiger charge is -2.36. The minimum Gasteiger partial charge on any atom is -0.385 e. The van der Waals surface area contributed by atoms with Crippen LogP contribution in [0.4, 0.5) is 15.8 Å². The normalized spacial score (nSPS) is 14.3. The van der Waals surface area contributed by atoms with E-state index in [4.69, 9.17) is 0 Å². The van der Waals surface area contributed by atoms with Crippen LogP contribution in [-0.2, 0) is 0 Å². The molecule has 2 heterocycles. The lowest BCUT2D eigenvalue weighted by molar-refractivity contribution is 0.0741. The summed E-state index contributed by atoms with van der Waals surface area (Å²) in [5, 5.41) is 3.36. The smallest absolute Gasteiger partial charge is 0.272 e. The van der Waals surface area contributed by atoms with E-state index in [1.165, 1.54) is 25.0 Å². The molecule has 0 bridgehead atoms. The zero-order chi connectivity index (χ0) is 19.1. The van der Waals surface area contributed by atoms with E-state index in [1.807, 2.05) is 17.0 Å². The van der Waals surface area contributed by atoms with E-state index in [2.05, 4.69) is 22.1 Å². The summed E-state index contributed by atoms with van der Waals surface area (Å²) in [6.07, 6.45) is 5.19. The number of piperazine rings is 1. The molecule has 0 saturated carbocycles. The van der Waals surface area contributed by atoms with Crippen LogP contribution in [0.2, 0.25) is 0 Å². The molecule has 0 unspecified atom stereocenters. The van der Waals surface area contributed by atoms with Crippen LogP contribution in [-0.4, -0.2) is 48.5 Å².